The van der Waals surface area contributed by atoms with Crippen molar-refractivity contribution in [2.24, 2.45) is 0 Å². The summed E-state index contributed by atoms with van der Waals surface area (Å²) in [5.74, 6) is 0.180. The second-order valence-corrected chi connectivity index (χ2v) is 9.81. The van der Waals surface area contributed by atoms with Gasteiger partial charge in [-0.15, -0.1) is 0 Å². The first kappa shape index (κ1) is 22.1. The number of nitrogens with zero attached hydrogens (tertiary/aromatic N) is 1. The minimum absolute atomic E-state index is 0.132. The summed E-state index contributed by atoms with van der Waals surface area (Å²) in [4.78, 5) is 16.7. The van der Waals surface area contributed by atoms with Crippen LogP contribution in [0.1, 0.15) is 19.6 Å². The Hall–Kier alpha value is -3.11. The second kappa shape index (κ2) is 8.44. The third-order valence-corrected chi connectivity index (χ3v) is 6.67. The lowest BCUT2D eigenvalue weighted by atomic mass is 10.1. The number of aryl methyl sites for hydroxylation is 1. The summed E-state index contributed by atoms with van der Waals surface area (Å²) < 4.78 is 48.1. The predicted molar refractivity (Wildman–Crippen MR) is 121 cm³/mol. The minimum atomic E-state index is -4.19. The molecule has 3 aromatic rings. The number of furan rings is 1. The largest absolute Gasteiger partial charge is 0.461 e. The molecular formula is C22H25FN4O4S. The van der Waals surface area contributed by atoms with Crippen LogP contribution in [0.4, 0.5) is 15.8 Å². The van der Waals surface area contributed by atoms with Crippen LogP contribution in [0.2, 0.25) is 0 Å². The van der Waals surface area contributed by atoms with Crippen molar-refractivity contribution in [3.63, 3.8) is 0 Å². The molecule has 1 aliphatic rings. The van der Waals surface area contributed by atoms with E-state index in [1.165, 1.54) is 18.2 Å². The molecule has 8 nitrogen and oxygen atoms in total. The van der Waals surface area contributed by atoms with Gasteiger partial charge in [-0.2, -0.15) is 0 Å². The first-order valence-corrected chi connectivity index (χ1v) is 11.7. The molecule has 170 valence electrons. The minimum Gasteiger partial charge on any atom is -0.461 e. The van der Waals surface area contributed by atoms with E-state index in [4.69, 9.17) is 4.42 Å². The highest BCUT2D eigenvalue weighted by molar-refractivity contribution is 7.92. The third kappa shape index (κ3) is 4.56. The maximum Gasteiger partial charge on any atom is 0.272 e. The van der Waals surface area contributed by atoms with Crippen LogP contribution in [0.5, 0.6) is 0 Å². The van der Waals surface area contributed by atoms with Crippen LogP contribution >= 0.6 is 0 Å². The molecule has 4 rings (SSSR count). The van der Waals surface area contributed by atoms with Gasteiger partial charge in [0, 0.05) is 31.4 Å². The number of hydrogen-bond acceptors (Lipinski definition) is 6. The Morgan fingerprint density at radius 2 is 1.84 bits per heavy atom. The van der Waals surface area contributed by atoms with Crippen molar-refractivity contribution in [2.75, 3.05) is 22.7 Å². The van der Waals surface area contributed by atoms with Gasteiger partial charge in [-0.05, 0) is 57.2 Å². The van der Waals surface area contributed by atoms with Crippen LogP contribution in [0.3, 0.4) is 0 Å². The average Bonchev–Trinajstić information content (AvgIpc) is 3.14. The Morgan fingerprint density at radius 3 is 2.47 bits per heavy atom. The number of benzene rings is 1. The maximum absolute atomic E-state index is 14.6. The van der Waals surface area contributed by atoms with Gasteiger partial charge in [0.05, 0.1) is 16.1 Å². The zero-order valence-electron chi connectivity index (χ0n) is 18.0. The van der Waals surface area contributed by atoms with Crippen molar-refractivity contribution in [1.82, 2.24) is 10.3 Å². The standard InChI is InChI=1S/C22H25FN4O4S/c1-13-11-27(12-14(2)25-13)16-8-20(22(28)24-10-16)26-32(29,30)17-5-6-18(19(23)9-17)21-7-4-15(3)31-21/h4-10,13-14,25-26H,11-12H2,1-3H3,(H,24,28)/t13-,14+. The number of aromatic amines is 1. The molecule has 2 aromatic heterocycles. The van der Waals surface area contributed by atoms with Crippen molar-refractivity contribution < 1.29 is 17.2 Å². The van der Waals surface area contributed by atoms with Gasteiger partial charge in [0.15, 0.2) is 0 Å². The summed E-state index contributed by atoms with van der Waals surface area (Å²) in [6.07, 6.45) is 1.56. The van der Waals surface area contributed by atoms with Gasteiger partial charge in [0.25, 0.3) is 15.6 Å². The number of nitrogens with one attached hydrogen (secondary N) is 3. The first-order valence-electron chi connectivity index (χ1n) is 10.3. The fourth-order valence-electron chi connectivity index (χ4n) is 3.91. The van der Waals surface area contributed by atoms with E-state index in [0.29, 0.717) is 30.3 Å². The molecule has 32 heavy (non-hydrogen) atoms. The molecule has 1 aliphatic heterocycles. The number of pyridine rings is 1. The number of H-pyrrole nitrogens is 1. The Bertz CT molecular complexity index is 1290. The molecule has 1 saturated heterocycles. The fraction of sp³-hybridized carbons (Fsp3) is 0.318. The molecule has 3 heterocycles. The van der Waals surface area contributed by atoms with E-state index in [9.17, 15) is 17.6 Å². The van der Waals surface area contributed by atoms with Crippen LogP contribution in [-0.4, -0.2) is 38.6 Å². The number of rotatable bonds is 5. The number of halogens is 1. The Balaban J connectivity index is 1.61. The summed E-state index contributed by atoms with van der Waals surface area (Å²) in [6.45, 7) is 7.26. The molecule has 10 heteroatoms. The van der Waals surface area contributed by atoms with Crippen LogP contribution in [0.25, 0.3) is 11.3 Å². The molecule has 0 saturated carbocycles. The molecule has 0 spiro atoms. The molecule has 0 aliphatic carbocycles. The molecular weight excluding hydrogens is 435 g/mol. The molecule has 0 radical (unpaired) electrons. The van der Waals surface area contributed by atoms with Crippen molar-refractivity contribution in [1.29, 1.82) is 0 Å². The molecule has 3 N–H and O–H groups in total. The van der Waals surface area contributed by atoms with Crippen molar-refractivity contribution in [3.05, 3.63) is 64.5 Å². The average molecular weight is 461 g/mol. The van der Waals surface area contributed by atoms with Crippen molar-refractivity contribution >= 4 is 21.4 Å². The Morgan fingerprint density at radius 1 is 1.12 bits per heavy atom. The van der Waals surface area contributed by atoms with Gasteiger partial charge in [-0.1, -0.05) is 0 Å². The van der Waals surface area contributed by atoms with Crippen LogP contribution in [0.15, 0.2) is 56.7 Å². The van der Waals surface area contributed by atoms with E-state index in [-0.39, 0.29) is 28.2 Å². The van der Waals surface area contributed by atoms with Gasteiger partial charge < -0.3 is 19.6 Å². The van der Waals surface area contributed by atoms with E-state index >= 15 is 0 Å². The molecule has 0 bridgehead atoms. The number of hydrogen-bond donors (Lipinski definition) is 3. The van der Waals surface area contributed by atoms with E-state index in [2.05, 4.69) is 33.8 Å². The molecule has 0 unspecified atom stereocenters. The van der Waals surface area contributed by atoms with Crippen LogP contribution in [0, 0.1) is 12.7 Å². The predicted octanol–water partition coefficient (Wildman–Crippen LogP) is 3.07. The lowest BCUT2D eigenvalue weighted by Gasteiger charge is -2.37. The Labute approximate surface area is 185 Å². The van der Waals surface area contributed by atoms with Gasteiger partial charge in [0.2, 0.25) is 0 Å². The van der Waals surface area contributed by atoms with Crippen LogP contribution in [-0.2, 0) is 10.0 Å². The fourth-order valence-corrected chi connectivity index (χ4v) is 4.98. The molecule has 2 atom stereocenters. The molecule has 0 amide bonds. The third-order valence-electron chi connectivity index (χ3n) is 5.31. The van der Waals surface area contributed by atoms with E-state index in [0.717, 1.165) is 6.07 Å². The smallest absolute Gasteiger partial charge is 0.272 e. The topological polar surface area (TPSA) is 107 Å². The van der Waals surface area contributed by atoms with E-state index in [1.807, 2.05) is 0 Å². The highest BCUT2D eigenvalue weighted by Crippen LogP contribution is 2.28. The monoisotopic (exact) mass is 460 g/mol. The highest BCUT2D eigenvalue weighted by Gasteiger charge is 2.23. The number of anilines is 2. The molecule has 1 aromatic carbocycles. The quantitative estimate of drug-likeness (QED) is 0.540. The lowest BCUT2D eigenvalue weighted by Crippen LogP contribution is -2.54. The Kier molecular flexibility index (Phi) is 5.83. The SMILES string of the molecule is Cc1ccc(-c2ccc(S(=O)(=O)Nc3cc(N4C[C@@H](C)N[C@@H](C)C4)c[nH]c3=O)cc2F)o1. The van der Waals surface area contributed by atoms with E-state index < -0.39 is 21.4 Å². The summed E-state index contributed by atoms with van der Waals surface area (Å²) in [7, 11) is -4.19. The summed E-state index contributed by atoms with van der Waals surface area (Å²) >= 11 is 0. The number of piperazine rings is 1. The zero-order chi connectivity index (χ0) is 23.0. The summed E-state index contributed by atoms with van der Waals surface area (Å²) in [5.41, 5.74) is 0.125. The number of aromatic nitrogens is 1. The summed E-state index contributed by atoms with van der Waals surface area (Å²) in [5, 5.41) is 3.42. The highest BCUT2D eigenvalue weighted by atomic mass is 32.2. The zero-order valence-corrected chi connectivity index (χ0v) is 18.8. The number of sulfonamides is 1. The van der Waals surface area contributed by atoms with Gasteiger partial charge in [-0.3, -0.25) is 9.52 Å². The normalized spacial score (nSPS) is 19.2. The van der Waals surface area contributed by atoms with Crippen LogP contribution < -0.4 is 20.5 Å². The van der Waals surface area contributed by atoms with Gasteiger partial charge in [-0.25, -0.2) is 12.8 Å². The lowest BCUT2D eigenvalue weighted by molar-refractivity contribution is 0.407. The van der Waals surface area contributed by atoms with Crippen molar-refractivity contribution in [3.8, 4) is 11.3 Å². The maximum atomic E-state index is 14.6. The van der Waals surface area contributed by atoms with Gasteiger partial charge in [0.1, 0.15) is 23.0 Å². The molecule has 1 fully saturated rings. The first-order chi connectivity index (χ1) is 15.1. The van der Waals surface area contributed by atoms with Gasteiger partial charge >= 0.3 is 0 Å². The van der Waals surface area contributed by atoms with E-state index in [1.54, 1.807) is 25.3 Å². The van der Waals surface area contributed by atoms with Crippen molar-refractivity contribution in [2.45, 2.75) is 37.8 Å². The summed E-state index contributed by atoms with van der Waals surface area (Å²) in [6, 6.07) is 8.81. The second-order valence-electron chi connectivity index (χ2n) is 8.13.